The number of anilines is 1. The van der Waals surface area contributed by atoms with Gasteiger partial charge in [-0.1, -0.05) is 0 Å². The van der Waals surface area contributed by atoms with E-state index in [2.05, 4.69) is 20.1 Å². The molecule has 0 bridgehead atoms. The summed E-state index contributed by atoms with van der Waals surface area (Å²) in [6, 6.07) is 3.80. The highest BCUT2D eigenvalue weighted by Gasteiger charge is 2.56. The van der Waals surface area contributed by atoms with Crippen LogP contribution in [0.25, 0.3) is 0 Å². The topological polar surface area (TPSA) is 73.5 Å². The minimum absolute atomic E-state index is 0.246. The Hall–Kier alpha value is -2.15. The van der Waals surface area contributed by atoms with Crippen molar-refractivity contribution in [3.63, 3.8) is 0 Å². The average molecular weight is 302 g/mol. The van der Waals surface area contributed by atoms with E-state index >= 15 is 0 Å². The Labute approximate surface area is 128 Å². The first-order chi connectivity index (χ1) is 10.7. The van der Waals surface area contributed by atoms with E-state index in [1.54, 1.807) is 13.3 Å². The van der Waals surface area contributed by atoms with E-state index in [1.807, 2.05) is 19.1 Å². The molecule has 2 aromatic heterocycles. The van der Waals surface area contributed by atoms with E-state index in [0.717, 1.165) is 24.7 Å². The molecule has 2 saturated heterocycles. The maximum atomic E-state index is 5.73. The largest absolute Gasteiger partial charge is 0.493 e. The summed E-state index contributed by atoms with van der Waals surface area (Å²) in [5.41, 5.74) is -0.246. The molecule has 2 aromatic rings. The van der Waals surface area contributed by atoms with E-state index in [-0.39, 0.29) is 5.41 Å². The lowest BCUT2D eigenvalue weighted by Crippen LogP contribution is -2.36. The maximum absolute atomic E-state index is 5.73. The fraction of sp³-hybridized carbons (Fsp3) is 0.533. The van der Waals surface area contributed by atoms with Crippen LogP contribution >= 0.6 is 0 Å². The summed E-state index contributed by atoms with van der Waals surface area (Å²) in [6.45, 7) is 4.70. The number of nitrogens with zero attached hydrogens (tertiary/aromatic N) is 4. The van der Waals surface area contributed by atoms with Crippen LogP contribution < -0.4 is 9.64 Å². The van der Waals surface area contributed by atoms with Gasteiger partial charge in [0.05, 0.1) is 25.7 Å². The zero-order valence-corrected chi connectivity index (χ0v) is 12.7. The molecule has 0 aromatic carbocycles. The molecule has 0 amide bonds. The van der Waals surface area contributed by atoms with Crippen molar-refractivity contribution in [1.29, 1.82) is 0 Å². The van der Waals surface area contributed by atoms with Gasteiger partial charge in [-0.15, -0.1) is 10.2 Å². The zero-order valence-electron chi connectivity index (χ0n) is 12.7. The lowest BCUT2D eigenvalue weighted by Gasteiger charge is -2.24. The number of hydrogen-bond acceptors (Lipinski definition) is 7. The standard InChI is InChI=1S/C15H18N4O3/c1-10-17-18-14(22-10)15-8-19(6-11(15)7-21-9-15)13-12(20-2)4-3-5-16-13/h3-5,11H,6-9H2,1-2H3/t11-,15-/m0/s1. The number of fused-ring (bicyclic) bond motifs is 1. The number of pyridine rings is 1. The lowest BCUT2D eigenvalue weighted by molar-refractivity contribution is 0.166. The van der Waals surface area contributed by atoms with Crippen LogP contribution in [0.5, 0.6) is 5.75 Å². The summed E-state index contributed by atoms with van der Waals surface area (Å²) in [7, 11) is 1.66. The van der Waals surface area contributed by atoms with Gasteiger partial charge in [-0.3, -0.25) is 0 Å². The normalized spacial score (nSPS) is 27.2. The molecule has 7 heteroatoms. The number of hydrogen-bond donors (Lipinski definition) is 0. The quantitative estimate of drug-likeness (QED) is 0.843. The van der Waals surface area contributed by atoms with Crippen LogP contribution in [0.15, 0.2) is 22.7 Å². The third-order valence-electron chi connectivity index (χ3n) is 4.60. The molecule has 7 nitrogen and oxygen atoms in total. The SMILES string of the molecule is COc1cccnc1N1C[C@H]2COC[C@@]2(c2nnc(C)o2)C1. The molecule has 116 valence electrons. The molecular formula is C15H18N4O3. The van der Waals surface area contributed by atoms with Gasteiger partial charge >= 0.3 is 0 Å². The van der Waals surface area contributed by atoms with Crippen molar-refractivity contribution in [2.45, 2.75) is 12.3 Å². The molecule has 4 heterocycles. The summed E-state index contributed by atoms with van der Waals surface area (Å²) in [5, 5.41) is 8.24. The molecular weight excluding hydrogens is 284 g/mol. The van der Waals surface area contributed by atoms with Gasteiger partial charge < -0.3 is 18.8 Å². The van der Waals surface area contributed by atoms with E-state index in [0.29, 0.717) is 30.9 Å². The van der Waals surface area contributed by atoms with Crippen molar-refractivity contribution in [2.24, 2.45) is 5.92 Å². The van der Waals surface area contributed by atoms with E-state index in [1.165, 1.54) is 0 Å². The van der Waals surface area contributed by atoms with Crippen LogP contribution in [0, 0.1) is 12.8 Å². The average Bonchev–Trinajstić information content (AvgIpc) is 3.20. The molecule has 0 aliphatic carbocycles. The van der Waals surface area contributed by atoms with E-state index in [9.17, 15) is 0 Å². The summed E-state index contributed by atoms with van der Waals surface area (Å²) in [4.78, 5) is 6.71. The van der Waals surface area contributed by atoms with Crippen molar-refractivity contribution >= 4 is 5.82 Å². The fourth-order valence-electron chi connectivity index (χ4n) is 3.48. The van der Waals surface area contributed by atoms with Crippen molar-refractivity contribution in [3.05, 3.63) is 30.1 Å². The van der Waals surface area contributed by atoms with Crippen LogP contribution in [0.2, 0.25) is 0 Å². The third kappa shape index (κ3) is 1.89. The third-order valence-corrected chi connectivity index (χ3v) is 4.60. The Morgan fingerprint density at radius 1 is 1.41 bits per heavy atom. The summed E-state index contributed by atoms with van der Waals surface area (Å²) in [5.74, 6) is 3.21. The lowest BCUT2D eigenvalue weighted by atomic mass is 9.81. The van der Waals surface area contributed by atoms with Gasteiger partial charge in [0.1, 0.15) is 0 Å². The Bertz CT molecular complexity index is 689. The van der Waals surface area contributed by atoms with Gasteiger partial charge in [0.25, 0.3) is 0 Å². The molecule has 0 N–H and O–H groups in total. The molecule has 2 atom stereocenters. The first kappa shape index (κ1) is 13.5. The van der Waals surface area contributed by atoms with Crippen LogP contribution in [-0.4, -0.2) is 48.6 Å². The van der Waals surface area contributed by atoms with Gasteiger partial charge in [0, 0.05) is 32.1 Å². The van der Waals surface area contributed by atoms with Gasteiger partial charge in [-0.2, -0.15) is 0 Å². The second-order valence-electron chi connectivity index (χ2n) is 5.90. The fourth-order valence-corrected chi connectivity index (χ4v) is 3.48. The second kappa shape index (κ2) is 4.95. The Kier molecular flexibility index (Phi) is 3.04. The molecule has 0 saturated carbocycles. The van der Waals surface area contributed by atoms with Gasteiger partial charge in [0.15, 0.2) is 11.6 Å². The first-order valence-electron chi connectivity index (χ1n) is 7.35. The Balaban J connectivity index is 1.70. The highest BCUT2D eigenvalue weighted by molar-refractivity contribution is 5.54. The monoisotopic (exact) mass is 302 g/mol. The van der Waals surface area contributed by atoms with Gasteiger partial charge in [-0.05, 0) is 12.1 Å². The maximum Gasteiger partial charge on any atom is 0.227 e. The Morgan fingerprint density at radius 3 is 3.09 bits per heavy atom. The molecule has 0 unspecified atom stereocenters. The Morgan fingerprint density at radius 2 is 2.32 bits per heavy atom. The van der Waals surface area contributed by atoms with Gasteiger partial charge in [-0.25, -0.2) is 4.98 Å². The number of aryl methyl sites for hydroxylation is 1. The highest BCUT2D eigenvalue weighted by Crippen LogP contribution is 2.45. The van der Waals surface area contributed by atoms with Crippen LogP contribution in [0.1, 0.15) is 11.8 Å². The number of ether oxygens (including phenoxy) is 2. The minimum Gasteiger partial charge on any atom is -0.493 e. The van der Waals surface area contributed by atoms with Crippen molar-refractivity contribution in [3.8, 4) is 5.75 Å². The highest BCUT2D eigenvalue weighted by atomic mass is 16.5. The predicted octanol–water partition coefficient (Wildman–Crippen LogP) is 1.19. The molecule has 4 rings (SSSR count). The zero-order chi connectivity index (χ0) is 15.2. The van der Waals surface area contributed by atoms with Crippen molar-refractivity contribution in [1.82, 2.24) is 15.2 Å². The smallest absolute Gasteiger partial charge is 0.227 e. The summed E-state index contributed by atoms with van der Waals surface area (Å²) in [6.07, 6.45) is 1.78. The van der Waals surface area contributed by atoms with Crippen LogP contribution in [0.3, 0.4) is 0 Å². The van der Waals surface area contributed by atoms with E-state index < -0.39 is 0 Å². The summed E-state index contributed by atoms with van der Waals surface area (Å²) < 4.78 is 16.9. The molecule has 0 spiro atoms. The van der Waals surface area contributed by atoms with Crippen molar-refractivity contribution < 1.29 is 13.9 Å². The van der Waals surface area contributed by atoms with Crippen LogP contribution in [-0.2, 0) is 10.2 Å². The molecule has 2 fully saturated rings. The number of methoxy groups -OCH3 is 1. The van der Waals surface area contributed by atoms with Crippen molar-refractivity contribution in [2.75, 3.05) is 38.3 Å². The number of aromatic nitrogens is 3. The number of rotatable bonds is 3. The molecule has 0 radical (unpaired) electrons. The summed E-state index contributed by atoms with van der Waals surface area (Å²) >= 11 is 0. The minimum atomic E-state index is -0.246. The molecule has 22 heavy (non-hydrogen) atoms. The van der Waals surface area contributed by atoms with Gasteiger partial charge in [0.2, 0.25) is 11.8 Å². The second-order valence-corrected chi connectivity index (χ2v) is 5.90. The first-order valence-corrected chi connectivity index (χ1v) is 7.35. The predicted molar refractivity (Wildman–Crippen MR) is 78.0 cm³/mol. The molecule has 2 aliphatic heterocycles. The molecule has 2 aliphatic rings. The van der Waals surface area contributed by atoms with Crippen LogP contribution in [0.4, 0.5) is 5.82 Å². The van der Waals surface area contributed by atoms with E-state index in [4.69, 9.17) is 13.9 Å².